The number of aryl methyl sites for hydroxylation is 4. The van der Waals surface area contributed by atoms with Gasteiger partial charge in [-0.1, -0.05) is 35.9 Å². The maximum absolute atomic E-state index is 4.56. The lowest BCUT2D eigenvalue weighted by Gasteiger charge is -2.04. The zero-order chi connectivity index (χ0) is 13.1. The van der Waals surface area contributed by atoms with E-state index in [0.29, 0.717) is 0 Å². The van der Waals surface area contributed by atoms with Gasteiger partial charge in [-0.2, -0.15) is 0 Å². The summed E-state index contributed by atoms with van der Waals surface area (Å²) in [5.74, 6) is 0. The lowest BCUT2D eigenvalue weighted by Crippen LogP contribution is -1.98. The van der Waals surface area contributed by atoms with Crippen LogP contribution in [0.25, 0.3) is 12.2 Å². The van der Waals surface area contributed by atoms with Gasteiger partial charge in [0.2, 0.25) is 0 Å². The van der Waals surface area contributed by atoms with E-state index in [-0.39, 0.29) is 0 Å². The summed E-state index contributed by atoms with van der Waals surface area (Å²) in [4.78, 5) is 9.05. The Morgan fingerprint density at radius 2 is 1.56 bits per heavy atom. The maximum Gasteiger partial charge on any atom is 0.0845 e. The zero-order valence-corrected chi connectivity index (χ0v) is 11.4. The van der Waals surface area contributed by atoms with E-state index in [1.165, 1.54) is 11.1 Å². The second kappa shape index (κ2) is 5.13. The van der Waals surface area contributed by atoms with E-state index in [9.17, 15) is 0 Å². The summed E-state index contributed by atoms with van der Waals surface area (Å²) < 4.78 is 0. The Morgan fingerprint density at radius 1 is 0.833 bits per heavy atom. The van der Waals surface area contributed by atoms with Crippen LogP contribution in [0.15, 0.2) is 24.3 Å². The van der Waals surface area contributed by atoms with E-state index in [0.717, 1.165) is 22.8 Å². The van der Waals surface area contributed by atoms with Gasteiger partial charge in [0, 0.05) is 0 Å². The number of benzene rings is 1. The fraction of sp³-hybridized carbons (Fsp3) is 0.250. The number of aromatic nitrogens is 2. The molecule has 92 valence electrons. The molecule has 0 unspecified atom stereocenters. The van der Waals surface area contributed by atoms with Crippen LogP contribution in [0, 0.1) is 27.7 Å². The van der Waals surface area contributed by atoms with Crippen molar-refractivity contribution in [2.24, 2.45) is 0 Å². The van der Waals surface area contributed by atoms with Gasteiger partial charge in [-0.05, 0) is 39.3 Å². The molecule has 0 N–H and O–H groups in total. The van der Waals surface area contributed by atoms with Crippen molar-refractivity contribution in [2.75, 3.05) is 0 Å². The molecule has 18 heavy (non-hydrogen) atoms. The van der Waals surface area contributed by atoms with Crippen LogP contribution < -0.4 is 0 Å². The lowest BCUT2D eigenvalue weighted by molar-refractivity contribution is 0.991. The first-order valence-corrected chi connectivity index (χ1v) is 6.13. The van der Waals surface area contributed by atoms with Gasteiger partial charge in [-0.15, -0.1) is 0 Å². The van der Waals surface area contributed by atoms with Crippen molar-refractivity contribution in [3.05, 3.63) is 58.2 Å². The van der Waals surface area contributed by atoms with Crippen molar-refractivity contribution in [1.29, 1.82) is 0 Å². The Balaban J connectivity index is 2.32. The monoisotopic (exact) mass is 238 g/mol. The van der Waals surface area contributed by atoms with E-state index in [1.54, 1.807) is 0 Å². The van der Waals surface area contributed by atoms with Gasteiger partial charge < -0.3 is 0 Å². The van der Waals surface area contributed by atoms with Gasteiger partial charge in [0.25, 0.3) is 0 Å². The molecule has 2 aromatic rings. The van der Waals surface area contributed by atoms with Crippen molar-refractivity contribution in [2.45, 2.75) is 27.7 Å². The maximum atomic E-state index is 4.56. The molecule has 0 spiro atoms. The largest absolute Gasteiger partial charge is 0.254 e. The molecule has 2 rings (SSSR count). The summed E-state index contributed by atoms with van der Waals surface area (Å²) in [5.41, 5.74) is 6.36. The minimum absolute atomic E-state index is 0.944. The molecule has 1 aromatic heterocycles. The molecule has 0 radical (unpaired) electrons. The quantitative estimate of drug-likeness (QED) is 0.793. The SMILES string of the molecule is Cc1cccc(C=Cc2nc(C)c(C)nc2C)c1. The van der Waals surface area contributed by atoms with Gasteiger partial charge >= 0.3 is 0 Å². The topological polar surface area (TPSA) is 25.8 Å². The van der Waals surface area contributed by atoms with E-state index in [2.05, 4.69) is 47.2 Å². The molecule has 1 aromatic carbocycles. The fourth-order valence-electron chi connectivity index (χ4n) is 1.84. The van der Waals surface area contributed by atoms with Crippen LogP contribution in [0.5, 0.6) is 0 Å². The summed E-state index contributed by atoms with van der Waals surface area (Å²) in [5, 5.41) is 0. The minimum Gasteiger partial charge on any atom is -0.254 e. The third kappa shape index (κ3) is 2.83. The lowest BCUT2D eigenvalue weighted by atomic mass is 10.1. The number of nitrogens with zero attached hydrogens (tertiary/aromatic N) is 2. The van der Waals surface area contributed by atoms with Crippen molar-refractivity contribution in [1.82, 2.24) is 9.97 Å². The molecule has 0 aliphatic rings. The highest BCUT2D eigenvalue weighted by molar-refractivity contribution is 5.69. The molecule has 0 saturated heterocycles. The highest BCUT2D eigenvalue weighted by Crippen LogP contribution is 2.12. The summed E-state index contributed by atoms with van der Waals surface area (Å²) in [6.45, 7) is 8.07. The smallest absolute Gasteiger partial charge is 0.0845 e. The van der Waals surface area contributed by atoms with Crippen LogP contribution in [0.3, 0.4) is 0 Å². The van der Waals surface area contributed by atoms with Crippen molar-refractivity contribution < 1.29 is 0 Å². The third-order valence-electron chi connectivity index (χ3n) is 2.99. The summed E-state index contributed by atoms with van der Waals surface area (Å²) >= 11 is 0. The molecule has 0 saturated carbocycles. The zero-order valence-electron chi connectivity index (χ0n) is 11.4. The second-order valence-electron chi connectivity index (χ2n) is 4.61. The predicted molar refractivity (Wildman–Crippen MR) is 76.4 cm³/mol. The minimum atomic E-state index is 0.944. The van der Waals surface area contributed by atoms with Gasteiger partial charge in [0.05, 0.1) is 22.8 Å². The molecule has 1 heterocycles. The molecule has 0 aliphatic heterocycles. The number of hydrogen-bond acceptors (Lipinski definition) is 2. The molecule has 0 atom stereocenters. The average molecular weight is 238 g/mol. The normalized spacial score (nSPS) is 11.1. The molecule has 2 heteroatoms. The van der Waals surface area contributed by atoms with E-state index in [4.69, 9.17) is 0 Å². The fourth-order valence-corrected chi connectivity index (χ4v) is 1.84. The number of hydrogen-bond donors (Lipinski definition) is 0. The molecular formula is C16H18N2. The van der Waals surface area contributed by atoms with E-state index >= 15 is 0 Å². The number of rotatable bonds is 2. The van der Waals surface area contributed by atoms with E-state index in [1.807, 2.05) is 26.8 Å². The highest BCUT2D eigenvalue weighted by atomic mass is 14.8. The first-order chi connectivity index (χ1) is 8.56. The molecule has 0 amide bonds. The molecule has 0 aliphatic carbocycles. The summed E-state index contributed by atoms with van der Waals surface area (Å²) in [6, 6.07) is 8.40. The van der Waals surface area contributed by atoms with Crippen molar-refractivity contribution >= 4 is 12.2 Å². The summed E-state index contributed by atoms with van der Waals surface area (Å²) in [6.07, 6.45) is 4.11. The summed E-state index contributed by atoms with van der Waals surface area (Å²) in [7, 11) is 0. The van der Waals surface area contributed by atoms with Crippen LogP contribution in [-0.4, -0.2) is 9.97 Å². The second-order valence-corrected chi connectivity index (χ2v) is 4.61. The Bertz CT molecular complexity index is 598. The van der Waals surface area contributed by atoms with Crippen LogP contribution in [0.4, 0.5) is 0 Å². The Hall–Kier alpha value is -1.96. The molecule has 2 nitrogen and oxygen atoms in total. The standard InChI is InChI=1S/C16H18N2/c1-11-6-5-7-15(10-11)8-9-16-14(4)17-12(2)13(3)18-16/h5-10H,1-4H3. The average Bonchev–Trinajstić information content (AvgIpc) is 2.32. The van der Waals surface area contributed by atoms with Crippen LogP contribution in [0.1, 0.15) is 33.9 Å². The first-order valence-electron chi connectivity index (χ1n) is 6.13. The van der Waals surface area contributed by atoms with Crippen LogP contribution in [0.2, 0.25) is 0 Å². The van der Waals surface area contributed by atoms with Crippen molar-refractivity contribution in [3.8, 4) is 0 Å². The van der Waals surface area contributed by atoms with Gasteiger partial charge in [0.1, 0.15) is 0 Å². The third-order valence-corrected chi connectivity index (χ3v) is 2.99. The van der Waals surface area contributed by atoms with Crippen LogP contribution in [-0.2, 0) is 0 Å². The van der Waals surface area contributed by atoms with Gasteiger partial charge in [-0.25, -0.2) is 4.98 Å². The Kier molecular flexibility index (Phi) is 3.56. The molecule has 0 bridgehead atoms. The van der Waals surface area contributed by atoms with Gasteiger partial charge in [-0.3, -0.25) is 4.98 Å². The van der Waals surface area contributed by atoms with Crippen LogP contribution >= 0.6 is 0 Å². The van der Waals surface area contributed by atoms with Crippen molar-refractivity contribution in [3.63, 3.8) is 0 Å². The Morgan fingerprint density at radius 3 is 2.28 bits per heavy atom. The molecule has 0 fully saturated rings. The first kappa shape index (κ1) is 12.5. The highest BCUT2D eigenvalue weighted by Gasteiger charge is 2.01. The Labute approximate surface area is 108 Å². The van der Waals surface area contributed by atoms with E-state index < -0.39 is 0 Å². The van der Waals surface area contributed by atoms with Gasteiger partial charge in [0.15, 0.2) is 0 Å². The predicted octanol–water partition coefficient (Wildman–Crippen LogP) is 3.88. The molecular weight excluding hydrogens is 220 g/mol.